The Hall–Kier alpha value is -4.96. The fraction of sp³-hybridized carbons (Fsp3) is 0.265. The quantitative estimate of drug-likeness (QED) is 0.132. The van der Waals surface area contributed by atoms with E-state index in [1.54, 1.807) is 0 Å². The van der Waals surface area contributed by atoms with Crippen LogP contribution in [-0.4, -0.2) is 35.2 Å². The lowest BCUT2D eigenvalue weighted by Gasteiger charge is -2.36. The molecule has 2 aliphatic rings. The molecule has 45 heavy (non-hydrogen) atoms. The van der Waals surface area contributed by atoms with Crippen LogP contribution in [0.2, 0.25) is 5.02 Å². The van der Waals surface area contributed by atoms with E-state index < -0.39 is 23.4 Å². The van der Waals surface area contributed by atoms with Crippen LogP contribution in [0.15, 0.2) is 60.7 Å². The van der Waals surface area contributed by atoms with Crippen LogP contribution in [0.4, 0.5) is 11.4 Å². The van der Waals surface area contributed by atoms with Crippen LogP contribution in [0.3, 0.4) is 0 Å². The van der Waals surface area contributed by atoms with Crippen LogP contribution >= 0.6 is 11.6 Å². The summed E-state index contributed by atoms with van der Waals surface area (Å²) in [5, 5.41) is 14.4. The molecule has 1 aliphatic carbocycles. The van der Waals surface area contributed by atoms with Crippen LogP contribution in [0, 0.1) is 21.4 Å². The Balaban J connectivity index is 1.36. The number of nitrogens with one attached hydrogen (secondary N) is 1. The molecule has 0 saturated heterocycles. The molecule has 11 heteroatoms. The lowest BCUT2D eigenvalue weighted by atomic mass is 9.69. The highest BCUT2D eigenvalue weighted by atomic mass is 35.5. The molecule has 1 aromatic heterocycles. The molecular formula is C34H30ClN3O7. The van der Waals surface area contributed by atoms with E-state index in [4.69, 9.17) is 30.8 Å². The number of nitrogens with zero attached hydrogens (tertiary/aromatic N) is 2. The number of halogens is 1. The predicted molar refractivity (Wildman–Crippen MR) is 170 cm³/mol. The number of rotatable bonds is 6. The summed E-state index contributed by atoms with van der Waals surface area (Å²) in [7, 11) is 0. The average Bonchev–Trinajstić information content (AvgIpc) is 3.47. The van der Waals surface area contributed by atoms with Gasteiger partial charge in [0.05, 0.1) is 32.4 Å². The monoisotopic (exact) mass is 627 g/mol. The van der Waals surface area contributed by atoms with Crippen LogP contribution in [-0.2, 0) is 16.0 Å². The summed E-state index contributed by atoms with van der Waals surface area (Å²) in [6.45, 7) is 6.09. The van der Waals surface area contributed by atoms with Crippen molar-refractivity contribution in [2.75, 3.05) is 18.7 Å². The summed E-state index contributed by atoms with van der Waals surface area (Å²) in [6.07, 6.45) is 3.41. The number of ether oxygens (including phenoxy) is 3. The van der Waals surface area contributed by atoms with Gasteiger partial charge in [0.15, 0.2) is 18.1 Å². The Morgan fingerprint density at radius 2 is 1.87 bits per heavy atom. The minimum absolute atomic E-state index is 0.0463. The van der Waals surface area contributed by atoms with Gasteiger partial charge in [-0.3, -0.25) is 14.9 Å². The zero-order valence-corrected chi connectivity index (χ0v) is 25.6. The first-order valence-electron chi connectivity index (χ1n) is 14.4. The average molecular weight is 628 g/mol. The number of para-hydroxylation sites is 1. The number of nitro groups is 1. The maximum atomic E-state index is 13.9. The summed E-state index contributed by atoms with van der Waals surface area (Å²) in [6, 6.07) is 16.8. The lowest BCUT2D eigenvalue weighted by molar-refractivity contribution is -0.384. The molecule has 1 N–H and O–H groups in total. The Morgan fingerprint density at radius 3 is 2.64 bits per heavy atom. The number of carbonyl (C=O) groups is 2. The molecule has 10 nitrogen and oxygen atoms in total. The predicted octanol–water partition coefficient (Wildman–Crippen LogP) is 7.47. The fourth-order valence-electron chi connectivity index (χ4n) is 5.69. The molecule has 1 aliphatic heterocycles. The van der Waals surface area contributed by atoms with Crippen LogP contribution in [0.5, 0.6) is 11.5 Å². The topological polar surface area (TPSA) is 130 Å². The number of amides is 1. The van der Waals surface area contributed by atoms with Crippen molar-refractivity contribution in [2.24, 2.45) is 11.3 Å². The molecule has 2 heterocycles. The van der Waals surface area contributed by atoms with Gasteiger partial charge in [-0.2, -0.15) is 0 Å². The summed E-state index contributed by atoms with van der Waals surface area (Å²) in [5.41, 5.74) is 4.09. The van der Waals surface area contributed by atoms with Gasteiger partial charge in [-0.25, -0.2) is 9.78 Å². The Bertz CT molecular complexity index is 1900. The molecule has 0 spiro atoms. The number of anilines is 1. The van der Waals surface area contributed by atoms with E-state index in [-0.39, 0.29) is 34.5 Å². The Morgan fingerprint density at radius 1 is 1.09 bits per heavy atom. The second kappa shape index (κ2) is 11.9. The molecule has 0 radical (unpaired) electrons. The van der Waals surface area contributed by atoms with E-state index >= 15 is 0 Å². The number of fused-ring (bicyclic) bond motifs is 3. The molecule has 6 rings (SSSR count). The van der Waals surface area contributed by atoms with Gasteiger partial charge in [-0.15, -0.1) is 0 Å². The van der Waals surface area contributed by atoms with E-state index in [1.807, 2.05) is 42.5 Å². The van der Waals surface area contributed by atoms with E-state index in [2.05, 4.69) is 32.2 Å². The fourth-order valence-corrected chi connectivity index (χ4v) is 5.85. The maximum absolute atomic E-state index is 13.9. The molecule has 1 amide bonds. The first-order valence-corrected chi connectivity index (χ1v) is 14.8. The largest absolute Gasteiger partial charge is 0.454 e. The van der Waals surface area contributed by atoms with Crippen molar-refractivity contribution in [3.63, 3.8) is 0 Å². The van der Waals surface area contributed by atoms with Gasteiger partial charge in [0.1, 0.15) is 0 Å². The third kappa shape index (κ3) is 6.19. The van der Waals surface area contributed by atoms with Gasteiger partial charge in [-0.1, -0.05) is 56.6 Å². The zero-order chi connectivity index (χ0) is 31.9. The number of non-ortho nitro benzene ring substituents is 1. The van der Waals surface area contributed by atoms with Crippen LogP contribution in [0.1, 0.15) is 54.4 Å². The zero-order valence-electron chi connectivity index (χ0n) is 24.9. The smallest absolute Gasteiger partial charge is 0.339 e. The molecule has 0 fully saturated rings. The standard InChI is InChI=1S/C34H30ClN3O7/c1-34(2,3)21-14-20(12-19-8-11-28-29(13-19)45-18-44-28)32-24(15-21)31(23-6-4-5-7-26(23)37-32)33(40)43-17-30(39)36-27-16-22(38(41)42)9-10-25(27)35/h4-13,16,21H,14-15,17-18H2,1-3H3,(H,36,39). The van der Waals surface area contributed by atoms with Crippen LogP contribution in [0.25, 0.3) is 22.6 Å². The van der Waals surface area contributed by atoms with Crippen molar-refractivity contribution < 1.29 is 28.7 Å². The molecule has 1 atom stereocenters. The van der Waals surface area contributed by atoms with Gasteiger partial charge in [0, 0.05) is 17.5 Å². The van der Waals surface area contributed by atoms with Crippen molar-refractivity contribution in [1.29, 1.82) is 0 Å². The molecule has 0 saturated carbocycles. The highest BCUT2D eigenvalue weighted by Crippen LogP contribution is 2.45. The second-order valence-electron chi connectivity index (χ2n) is 12.1. The lowest BCUT2D eigenvalue weighted by Crippen LogP contribution is -2.29. The Kier molecular flexibility index (Phi) is 7.92. The van der Waals surface area contributed by atoms with Crippen molar-refractivity contribution in [1.82, 2.24) is 4.98 Å². The van der Waals surface area contributed by atoms with Crippen molar-refractivity contribution in [3.05, 3.63) is 98.2 Å². The maximum Gasteiger partial charge on any atom is 0.339 e. The van der Waals surface area contributed by atoms with E-state index in [0.717, 1.165) is 29.2 Å². The third-order valence-corrected chi connectivity index (χ3v) is 8.48. The summed E-state index contributed by atoms with van der Waals surface area (Å²) >= 11 is 6.13. The summed E-state index contributed by atoms with van der Waals surface area (Å²) < 4.78 is 16.6. The summed E-state index contributed by atoms with van der Waals surface area (Å²) in [5.74, 6) is 0.197. The van der Waals surface area contributed by atoms with Gasteiger partial charge < -0.3 is 19.5 Å². The minimum atomic E-state index is -0.686. The minimum Gasteiger partial charge on any atom is -0.454 e. The Labute approximate surface area is 264 Å². The van der Waals surface area contributed by atoms with Gasteiger partial charge in [0.25, 0.3) is 11.6 Å². The van der Waals surface area contributed by atoms with Gasteiger partial charge >= 0.3 is 5.97 Å². The first kappa shape index (κ1) is 30.1. The number of esters is 1. The third-order valence-electron chi connectivity index (χ3n) is 8.15. The molecule has 0 bridgehead atoms. The van der Waals surface area contributed by atoms with E-state index in [9.17, 15) is 19.7 Å². The number of hydrogen-bond acceptors (Lipinski definition) is 8. The number of carbonyl (C=O) groups excluding carboxylic acids is 2. The van der Waals surface area contributed by atoms with Gasteiger partial charge in [0.2, 0.25) is 6.79 Å². The number of hydrogen-bond donors (Lipinski definition) is 1. The molecule has 1 unspecified atom stereocenters. The van der Waals surface area contributed by atoms with Crippen LogP contribution < -0.4 is 14.8 Å². The first-order chi connectivity index (χ1) is 21.5. The number of nitro benzene ring substituents is 1. The van der Waals surface area contributed by atoms with Gasteiger partial charge in [-0.05, 0) is 71.2 Å². The normalized spacial score (nSPS) is 16.4. The van der Waals surface area contributed by atoms with E-state index in [1.165, 1.54) is 12.1 Å². The van der Waals surface area contributed by atoms with Crippen molar-refractivity contribution in [2.45, 2.75) is 33.6 Å². The highest BCUT2D eigenvalue weighted by molar-refractivity contribution is 6.33. The molecule has 4 aromatic rings. The van der Waals surface area contributed by atoms with Crippen molar-refractivity contribution >= 4 is 57.4 Å². The van der Waals surface area contributed by atoms with Crippen molar-refractivity contribution in [3.8, 4) is 11.5 Å². The highest BCUT2D eigenvalue weighted by Gasteiger charge is 2.35. The number of pyridine rings is 1. The molecule has 230 valence electrons. The number of allylic oxidation sites excluding steroid dienone is 1. The molecule has 3 aromatic carbocycles. The van der Waals surface area contributed by atoms with E-state index in [0.29, 0.717) is 40.1 Å². The summed E-state index contributed by atoms with van der Waals surface area (Å²) in [4.78, 5) is 42.2. The second-order valence-corrected chi connectivity index (χ2v) is 12.5. The number of benzene rings is 3. The number of aromatic nitrogens is 1. The molecular weight excluding hydrogens is 598 g/mol. The SMILES string of the molecule is CC(C)(C)C1CC(=Cc2ccc3c(c2)OCO3)c2nc3ccccc3c(C(=O)OCC(=O)Nc3cc([N+](=O)[O-])ccc3Cl)c2C1.